The van der Waals surface area contributed by atoms with E-state index in [0.29, 0.717) is 23.9 Å². The van der Waals surface area contributed by atoms with Crippen LogP contribution in [0.15, 0.2) is 36.5 Å². The Labute approximate surface area is 110 Å². The van der Waals surface area contributed by atoms with E-state index in [0.717, 1.165) is 0 Å². The van der Waals surface area contributed by atoms with Crippen molar-refractivity contribution in [1.29, 1.82) is 5.41 Å². The van der Waals surface area contributed by atoms with Gasteiger partial charge in [0.1, 0.15) is 17.3 Å². The number of hydrogen-bond donors (Lipinski definition) is 2. The van der Waals surface area contributed by atoms with Crippen molar-refractivity contribution >= 4 is 17.5 Å². The van der Waals surface area contributed by atoms with Gasteiger partial charge in [-0.3, -0.25) is 5.41 Å². The van der Waals surface area contributed by atoms with E-state index < -0.39 is 0 Å². The fourth-order valence-corrected chi connectivity index (χ4v) is 1.71. The molecule has 0 bridgehead atoms. The number of halogens is 1. The van der Waals surface area contributed by atoms with Crippen molar-refractivity contribution in [1.82, 2.24) is 9.97 Å². The molecule has 0 aliphatic rings. The lowest BCUT2D eigenvalue weighted by Gasteiger charge is -2.21. The van der Waals surface area contributed by atoms with Gasteiger partial charge in [0.2, 0.25) is 5.95 Å². The van der Waals surface area contributed by atoms with E-state index >= 15 is 0 Å². The number of hydrogen-bond acceptors (Lipinski definition) is 4. The van der Waals surface area contributed by atoms with Crippen molar-refractivity contribution in [2.24, 2.45) is 5.73 Å². The first-order chi connectivity index (χ1) is 9.11. The second kappa shape index (κ2) is 5.43. The Balaban J connectivity index is 2.42. The highest BCUT2D eigenvalue weighted by atomic mass is 19.1. The molecule has 19 heavy (non-hydrogen) atoms. The zero-order valence-electron chi connectivity index (χ0n) is 10.5. The summed E-state index contributed by atoms with van der Waals surface area (Å²) in [5, 5.41) is 7.38. The summed E-state index contributed by atoms with van der Waals surface area (Å²) in [7, 11) is 0. The first-order valence-corrected chi connectivity index (χ1v) is 5.82. The Kier molecular flexibility index (Phi) is 3.70. The maximum Gasteiger partial charge on any atom is 0.230 e. The molecule has 0 amide bonds. The van der Waals surface area contributed by atoms with Crippen molar-refractivity contribution in [2.75, 3.05) is 11.4 Å². The van der Waals surface area contributed by atoms with Crippen LogP contribution in [-0.2, 0) is 0 Å². The Bertz CT molecular complexity index is 599. The third-order valence-electron chi connectivity index (χ3n) is 2.60. The molecule has 0 unspecified atom stereocenters. The molecular weight excluding hydrogens is 245 g/mol. The van der Waals surface area contributed by atoms with Crippen molar-refractivity contribution in [3.8, 4) is 0 Å². The van der Waals surface area contributed by atoms with Crippen molar-refractivity contribution in [3.05, 3.63) is 48.0 Å². The molecule has 0 fully saturated rings. The topological polar surface area (TPSA) is 78.9 Å². The maximum absolute atomic E-state index is 13.3. The van der Waals surface area contributed by atoms with E-state index in [1.54, 1.807) is 23.1 Å². The molecule has 0 aliphatic carbocycles. The average molecular weight is 259 g/mol. The number of nitrogens with one attached hydrogen (secondary N) is 1. The Morgan fingerprint density at radius 2 is 2.21 bits per heavy atom. The number of anilines is 2. The lowest BCUT2D eigenvalue weighted by molar-refractivity contribution is 0.627. The lowest BCUT2D eigenvalue weighted by Crippen LogP contribution is -2.21. The highest BCUT2D eigenvalue weighted by molar-refractivity contribution is 5.93. The molecule has 5 nitrogen and oxygen atoms in total. The Morgan fingerprint density at radius 3 is 2.84 bits per heavy atom. The first kappa shape index (κ1) is 12.9. The summed E-state index contributed by atoms with van der Waals surface area (Å²) in [5.74, 6) is -0.0570. The van der Waals surface area contributed by atoms with Gasteiger partial charge >= 0.3 is 0 Å². The minimum absolute atomic E-state index is 0.126. The fraction of sp³-hybridized carbons (Fsp3) is 0.154. The minimum Gasteiger partial charge on any atom is -0.382 e. The standard InChI is InChI=1S/C13H14FN5/c1-2-19(10-5-3-4-9(14)8-10)13-17-7-6-11(18-13)12(15)16/h3-8H,2H2,1H3,(H3,15,16). The second-order valence-electron chi connectivity index (χ2n) is 3.88. The average Bonchev–Trinajstić information content (AvgIpc) is 2.40. The third-order valence-corrected chi connectivity index (χ3v) is 2.60. The lowest BCUT2D eigenvalue weighted by atomic mass is 10.3. The van der Waals surface area contributed by atoms with Gasteiger partial charge in [-0.1, -0.05) is 6.07 Å². The smallest absolute Gasteiger partial charge is 0.230 e. The SMILES string of the molecule is CCN(c1cccc(F)c1)c1nccc(C(=N)N)n1. The molecule has 2 rings (SSSR count). The van der Waals surface area contributed by atoms with Gasteiger partial charge in [-0.2, -0.15) is 0 Å². The number of rotatable bonds is 4. The number of aromatic nitrogens is 2. The number of nitrogens with zero attached hydrogens (tertiary/aromatic N) is 3. The van der Waals surface area contributed by atoms with Gasteiger partial charge in [0, 0.05) is 18.4 Å². The summed E-state index contributed by atoms with van der Waals surface area (Å²) < 4.78 is 13.3. The molecule has 0 atom stereocenters. The zero-order chi connectivity index (χ0) is 13.8. The van der Waals surface area contributed by atoms with Gasteiger partial charge in [0.25, 0.3) is 0 Å². The Hall–Kier alpha value is -2.50. The molecule has 1 aromatic carbocycles. The number of benzene rings is 1. The normalized spacial score (nSPS) is 10.2. The van der Waals surface area contributed by atoms with E-state index in [9.17, 15) is 4.39 Å². The second-order valence-corrected chi connectivity index (χ2v) is 3.88. The van der Waals surface area contributed by atoms with Crippen LogP contribution in [0.1, 0.15) is 12.6 Å². The summed E-state index contributed by atoms with van der Waals surface area (Å²) in [4.78, 5) is 10.1. The molecule has 0 aliphatic heterocycles. The summed E-state index contributed by atoms with van der Waals surface area (Å²) in [5.41, 5.74) is 6.40. The molecule has 1 heterocycles. The molecule has 3 N–H and O–H groups in total. The van der Waals surface area contributed by atoms with E-state index in [2.05, 4.69) is 9.97 Å². The fourth-order valence-electron chi connectivity index (χ4n) is 1.71. The van der Waals surface area contributed by atoms with Crippen LogP contribution in [0, 0.1) is 11.2 Å². The molecule has 2 aromatic rings. The molecule has 0 radical (unpaired) electrons. The summed E-state index contributed by atoms with van der Waals surface area (Å²) in [6.45, 7) is 2.49. The summed E-state index contributed by atoms with van der Waals surface area (Å²) >= 11 is 0. The van der Waals surface area contributed by atoms with E-state index in [1.165, 1.54) is 18.3 Å². The van der Waals surface area contributed by atoms with Gasteiger partial charge in [-0.25, -0.2) is 14.4 Å². The highest BCUT2D eigenvalue weighted by Crippen LogP contribution is 2.22. The first-order valence-electron chi connectivity index (χ1n) is 5.82. The predicted octanol–water partition coefficient (Wildman–Crippen LogP) is 2.06. The number of amidine groups is 1. The summed E-state index contributed by atoms with van der Waals surface area (Å²) in [6.07, 6.45) is 1.53. The van der Waals surface area contributed by atoms with Crippen LogP contribution in [0.4, 0.5) is 16.0 Å². The van der Waals surface area contributed by atoms with Gasteiger partial charge < -0.3 is 10.6 Å². The van der Waals surface area contributed by atoms with Crippen LogP contribution in [0.2, 0.25) is 0 Å². The van der Waals surface area contributed by atoms with E-state index in [-0.39, 0.29) is 11.7 Å². The number of nitrogen functional groups attached to an aromatic ring is 1. The largest absolute Gasteiger partial charge is 0.382 e. The van der Waals surface area contributed by atoms with Crippen LogP contribution in [0.3, 0.4) is 0 Å². The minimum atomic E-state index is -0.321. The van der Waals surface area contributed by atoms with Crippen molar-refractivity contribution in [3.63, 3.8) is 0 Å². The van der Waals surface area contributed by atoms with Crippen LogP contribution in [-0.4, -0.2) is 22.3 Å². The van der Waals surface area contributed by atoms with Gasteiger partial charge in [0.05, 0.1) is 0 Å². The molecule has 0 saturated heterocycles. The molecule has 6 heteroatoms. The quantitative estimate of drug-likeness (QED) is 0.650. The van der Waals surface area contributed by atoms with Crippen LogP contribution in [0.5, 0.6) is 0 Å². The van der Waals surface area contributed by atoms with Crippen molar-refractivity contribution < 1.29 is 4.39 Å². The van der Waals surface area contributed by atoms with Crippen LogP contribution in [0.25, 0.3) is 0 Å². The monoisotopic (exact) mass is 259 g/mol. The van der Waals surface area contributed by atoms with Gasteiger partial charge in [-0.05, 0) is 31.2 Å². The van der Waals surface area contributed by atoms with E-state index in [4.69, 9.17) is 11.1 Å². The highest BCUT2D eigenvalue weighted by Gasteiger charge is 2.12. The molecule has 98 valence electrons. The molecular formula is C13H14FN5. The van der Waals surface area contributed by atoms with Gasteiger partial charge in [0.15, 0.2) is 0 Å². The van der Waals surface area contributed by atoms with Crippen molar-refractivity contribution in [2.45, 2.75) is 6.92 Å². The van der Waals surface area contributed by atoms with Crippen LogP contribution >= 0.6 is 0 Å². The molecule has 0 spiro atoms. The van der Waals surface area contributed by atoms with E-state index in [1.807, 2.05) is 6.92 Å². The third kappa shape index (κ3) is 2.85. The molecule has 1 aromatic heterocycles. The Morgan fingerprint density at radius 1 is 1.42 bits per heavy atom. The summed E-state index contributed by atoms with van der Waals surface area (Å²) in [6, 6.07) is 7.75. The number of nitrogens with two attached hydrogens (primary N) is 1. The predicted molar refractivity (Wildman–Crippen MR) is 72.1 cm³/mol. The van der Waals surface area contributed by atoms with Gasteiger partial charge in [-0.15, -0.1) is 0 Å². The van der Waals surface area contributed by atoms with Crippen LogP contribution < -0.4 is 10.6 Å². The molecule has 0 saturated carbocycles. The zero-order valence-corrected chi connectivity index (χ0v) is 10.5. The maximum atomic E-state index is 13.3.